The van der Waals surface area contributed by atoms with E-state index in [1.807, 2.05) is 4.68 Å². The summed E-state index contributed by atoms with van der Waals surface area (Å²) in [4.78, 5) is 4.73. The molecule has 0 aliphatic carbocycles. The topological polar surface area (TPSA) is 76.1 Å². The molecule has 96 valence electrons. The van der Waals surface area contributed by atoms with Crippen molar-refractivity contribution in [2.45, 2.75) is 19.0 Å². The zero-order valence-corrected chi connectivity index (χ0v) is 10.6. The van der Waals surface area contributed by atoms with Gasteiger partial charge in [-0.15, -0.1) is 5.10 Å². The van der Waals surface area contributed by atoms with Gasteiger partial charge >= 0.3 is 0 Å². The second-order valence-corrected chi connectivity index (χ2v) is 4.71. The summed E-state index contributed by atoms with van der Waals surface area (Å²) >= 11 is 0. The molecule has 0 bridgehead atoms. The minimum atomic E-state index is 0.483. The molecule has 1 aliphatic rings. The van der Waals surface area contributed by atoms with Crippen LogP contribution in [0.15, 0.2) is 0 Å². The largest absolute Gasteiger partial charge is 0.329 e. The third kappa shape index (κ3) is 2.99. The Labute approximate surface area is 102 Å². The Hall–Kier alpha value is -1.05. The van der Waals surface area contributed by atoms with Crippen LogP contribution in [0.2, 0.25) is 0 Å². The number of hydrogen-bond donors (Lipinski definition) is 1. The fraction of sp³-hybridized carbons (Fsp3) is 0.900. The van der Waals surface area contributed by atoms with Crippen LogP contribution in [-0.4, -0.2) is 76.3 Å². The van der Waals surface area contributed by atoms with E-state index in [-0.39, 0.29) is 0 Å². The molecule has 2 rings (SSSR count). The lowest BCUT2D eigenvalue weighted by Crippen LogP contribution is -2.51. The average molecular weight is 239 g/mol. The summed E-state index contributed by atoms with van der Waals surface area (Å²) in [5.74, 6) is 0.933. The van der Waals surface area contributed by atoms with Gasteiger partial charge in [-0.3, -0.25) is 0 Å². The highest BCUT2D eigenvalue weighted by Crippen LogP contribution is 2.10. The molecule has 1 aromatic heterocycles. The van der Waals surface area contributed by atoms with Crippen molar-refractivity contribution in [2.24, 2.45) is 5.73 Å². The number of likely N-dealkylation sites (N-methyl/N-ethyl adjacent to an activating group) is 2. The molecule has 0 radical (unpaired) electrons. The summed E-state index contributed by atoms with van der Waals surface area (Å²) in [6.07, 6.45) is 0.883. The SMILES string of the molecule is CN1CCN(C)C(Cc2nnnn2CCN)C1. The first-order chi connectivity index (χ1) is 8.20. The van der Waals surface area contributed by atoms with Gasteiger partial charge < -0.3 is 15.5 Å². The lowest BCUT2D eigenvalue weighted by molar-refractivity contribution is 0.112. The molecule has 1 aliphatic heterocycles. The summed E-state index contributed by atoms with van der Waals surface area (Å²) in [5.41, 5.74) is 5.54. The van der Waals surface area contributed by atoms with Crippen molar-refractivity contribution in [3.63, 3.8) is 0 Å². The number of piperazine rings is 1. The van der Waals surface area contributed by atoms with Crippen LogP contribution in [0.1, 0.15) is 5.82 Å². The standard InChI is InChI=1S/C10H21N7/c1-15-5-6-16(2)9(8-15)7-10-12-13-14-17(10)4-3-11/h9H,3-8,11H2,1-2H3. The van der Waals surface area contributed by atoms with E-state index in [1.165, 1.54) is 0 Å². The Kier molecular flexibility index (Phi) is 4.03. The van der Waals surface area contributed by atoms with Gasteiger partial charge in [-0.05, 0) is 24.5 Å². The normalized spacial score (nSPS) is 23.1. The number of hydrogen-bond acceptors (Lipinski definition) is 6. The fourth-order valence-electron chi connectivity index (χ4n) is 2.20. The van der Waals surface area contributed by atoms with Crippen LogP contribution in [0.3, 0.4) is 0 Å². The van der Waals surface area contributed by atoms with Gasteiger partial charge in [0.1, 0.15) is 0 Å². The van der Waals surface area contributed by atoms with Crippen molar-refractivity contribution >= 4 is 0 Å². The number of nitrogens with two attached hydrogens (primary N) is 1. The molecule has 7 heteroatoms. The van der Waals surface area contributed by atoms with E-state index < -0.39 is 0 Å². The predicted molar refractivity (Wildman–Crippen MR) is 64.5 cm³/mol. The van der Waals surface area contributed by atoms with E-state index in [2.05, 4.69) is 39.4 Å². The van der Waals surface area contributed by atoms with Crippen LogP contribution < -0.4 is 5.73 Å². The van der Waals surface area contributed by atoms with Crippen molar-refractivity contribution in [1.82, 2.24) is 30.0 Å². The van der Waals surface area contributed by atoms with Gasteiger partial charge in [0.05, 0.1) is 6.54 Å². The number of aromatic nitrogens is 4. The molecule has 1 saturated heterocycles. The first-order valence-electron chi connectivity index (χ1n) is 6.04. The molecule has 0 amide bonds. The zero-order valence-electron chi connectivity index (χ0n) is 10.6. The summed E-state index contributed by atoms with van der Waals surface area (Å²) < 4.78 is 1.81. The summed E-state index contributed by atoms with van der Waals surface area (Å²) in [7, 11) is 4.32. The fourth-order valence-corrected chi connectivity index (χ4v) is 2.20. The molecule has 1 unspecified atom stereocenters. The molecule has 2 heterocycles. The Morgan fingerprint density at radius 1 is 1.35 bits per heavy atom. The van der Waals surface area contributed by atoms with Crippen molar-refractivity contribution in [2.75, 3.05) is 40.3 Å². The lowest BCUT2D eigenvalue weighted by atomic mass is 10.1. The number of nitrogens with zero attached hydrogens (tertiary/aromatic N) is 6. The molecule has 1 atom stereocenters. The highest BCUT2D eigenvalue weighted by atomic mass is 15.5. The summed E-state index contributed by atoms with van der Waals surface area (Å²) in [6, 6.07) is 0.483. The van der Waals surface area contributed by atoms with E-state index in [9.17, 15) is 0 Å². The van der Waals surface area contributed by atoms with Gasteiger partial charge in [0.2, 0.25) is 0 Å². The second-order valence-electron chi connectivity index (χ2n) is 4.71. The maximum atomic E-state index is 5.54. The molecule has 0 aromatic carbocycles. The molecule has 2 N–H and O–H groups in total. The minimum Gasteiger partial charge on any atom is -0.329 e. The number of tetrazole rings is 1. The molecule has 7 nitrogen and oxygen atoms in total. The highest BCUT2D eigenvalue weighted by Gasteiger charge is 2.24. The molecular formula is C10H21N7. The Morgan fingerprint density at radius 2 is 2.18 bits per heavy atom. The van der Waals surface area contributed by atoms with Crippen LogP contribution in [-0.2, 0) is 13.0 Å². The Balaban J connectivity index is 2.01. The maximum absolute atomic E-state index is 5.54. The zero-order chi connectivity index (χ0) is 12.3. The van der Waals surface area contributed by atoms with Gasteiger partial charge in [0.15, 0.2) is 5.82 Å². The smallest absolute Gasteiger partial charge is 0.152 e. The van der Waals surface area contributed by atoms with E-state index in [1.54, 1.807) is 0 Å². The molecule has 0 spiro atoms. The van der Waals surface area contributed by atoms with Crippen molar-refractivity contribution in [3.8, 4) is 0 Å². The van der Waals surface area contributed by atoms with Gasteiger partial charge in [0.25, 0.3) is 0 Å². The first-order valence-corrected chi connectivity index (χ1v) is 6.04. The van der Waals surface area contributed by atoms with Gasteiger partial charge in [0, 0.05) is 38.6 Å². The van der Waals surface area contributed by atoms with Crippen LogP contribution in [0, 0.1) is 0 Å². The van der Waals surface area contributed by atoms with E-state index >= 15 is 0 Å². The third-order valence-corrected chi connectivity index (χ3v) is 3.35. The molecule has 1 aromatic rings. The highest BCUT2D eigenvalue weighted by molar-refractivity contribution is 4.91. The molecule has 1 fully saturated rings. The predicted octanol–water partition coefficient (Wildman–Crippen LogP) is -1.58. The third-order valence-electron chi connectivity index (χ3n) is 3.35. The Morgan fingerprint density at radius 3 is 2.94 bits per heavy atom. The quantitative estimate of drug-likeness (QED) is 0.683. The monoisotopic (exact) mass is 239 g/mol. The van der Waals surface area contributed by atoms with E-state index in [4.69, 9.17) is 5.73 Å². The van der Waals surface area contributed by atoms with E-state index in [0.717, 1.165) is 31.9 Å². The molecular weight excluding hydrogens is 218 g/mol. The van der Waals surface area contributed by atoms with Crippen LogP contribution in [0.5, 0.6) is 0 Å². The summed E-state index contributed by atoms with van der Waals surface area (Å²) in [5, 5.41) is 11.8. The Bertz CT molecular complexity index is 350. The lowest BCUT2D eigenvalue weighted by Gasteiger charge is -2.37. The second kappa shape index (κ2) is 5.52. The minimum absolute atomic E-state index is 0.483. The average Bonchev–Trinajstić information content (AvgIpc) is 2.72. The van der Waals surface area contributed by atoms with Crippen molar-refractivity contribution < 1.29 is 0 Å². The van der Waals surface area contributed by atoms with Gasteiger partial charge in [-0.1, -0.05) is 0 Å². The van der Waals surface area contributed by atoms with Gasteiger partial charge in [-0.25, -0.2) is 4.68 Å². The van der Waals surface area contributed by atoms with Crippen LogP contribution >= 0.6 is 0 Å². The first kappa shape index (κ1) is 12.4. The molecule has 17 heavy (non-hydrogen) atoms. The van der Waals surface area contributed by atoms with Crippen molar-refractivity contribution in [1.29, 1.82) is 0 Å². The van der Waals surface area contributed by atoms with Crippen LogP contribution in [0.4, 0.5) is 0 Å². The molecule has 0 saturated carbocycles. The van der Waals surface area contributed by atoms with E-state index in [0.29, 0.717) is 19.1 Å². The maximum Gasteiger partial charge on any atom is 0.152 e. The van der Waals surface area contributed by atoms with Crippen LogP contribution in [0.25, 0.3) is 0 Å². The van der Waals surface area contributed by atoms with Gasteiger partial charge in [-0.2, -0.15) is 0 Å². The summed E-state index contributed by atoms with van der Waals surface area (Å²) in [6.45, 7) is 4.54. The number of rotatable bonds is 4. The van der Waals surface area contributed by atoms with Crippen molar-refractivity contribution in [3.05, 3.63) is 5.82 Å².